The number of amides is 1. The van der Waals surface area contributed by atoms with E-state index in [1.807, 2.05) is 29.6 Å². The van der Waals surface area contributed by atoms with Gasteiger partial charge in [-0.1, -0.05) is 18.2 Å². The van der Waals surface area contributed by atoms with Crippen molar-refractivity contribution in [1.29, 1.82) is 0 Å². The number of morpholine rings is 1. The molecule has 6 heteroatoms. The van der Waals surface area contributed by atoms with Crippen LogP contribution in [0.15, 0.2) is 29.6 Å². The van der Waals surface area contributed by atoms with Crippen molar-refractivity contribution >= 4 is 33.3 Å². The van der Waals surface area contributed by atoms with E-state index < -0.39 is 12.1 Å². The third-order valence-corrected chi connectivity index (χ3v) is 4.61. The van der Waals surface area contributed by atoms with Gasteiger partial charge in [0, 0.05) is 11.2 Å². The van der Waals surface area contributed by atoms with Crippen LogP contribution in [0.25, 0.3) is 10.1 Å². The van der Waals surface area contributed by atoms with E-state index in [4.69, 9.17) is 9.84 Å². The van der Waals surface area contributed by atoms with Crippen molar-refractivity contribution in [3.63, 3.8) is 0 Å². The molecule has 1 aliphatic rings. The van der Waals surface area contributed by atoms with Gasteiger partial charge < -0.3 is 14.7 Å². The number of nitrogens with zero attached hydrogens (tertiary/aromatic N) is 1. The Morgan fingerprint density at radius 1 is 1.38 bits per heavy atom. The minimum Gasteiger partial charge on any atom is -0.479 e. The zero-order valence-electron chi connectivity index (χ0n) is 11.3. The maximum absolute atomic E-state index is 12.4. The van der Waals surface area contributed by atoms with Gasteiger partial charge in [-0.05, 0) is 22.4 Å². The molecule has 1 aliphatic heterocycles. The molecule has 1 unspecified atom stereocenters. The molecule has 1 saturated heterocycles. The van der Waals surface area contributed by atoms with Crippen molar-refractivity contribution in [2.24, 2.45) is 0 Å². The van der Waals surface area contributed by atoms with Gasteiger partial charge in [0.1, 0.15) is 0 Å². The van der Waals surface area contributed by atoms with Gasteiger partial charge in [0.05, 0.1) is 19.6 Å². The smallest absolute Gasteiger partial charge is 0.334 e. The minimum absolute atomic E-state index is 0.0481. The molecule has 1 atom stereocenters. The Morgan fingerprint density at radius 3 is 3.00 bits per heavy atom. The predicted molar refractivity (Wildman–Crippen MR) is 79.5 cm³/mol. The van der Waals surface area contributed by atoms with E-state index in [-0.39, 0.29) is 19.1 Å². The third-order valence-electron chi connectivity index (χ3n) is 3.60. The SMILES string of the molecule is O=C(O)C1CN(C(=O)Cc2csc3ccccc23)CCO1. The van der Waals surface area contributed by atoms with Crippen LogP contribution in [-0.2, 0) is 20.7 Å². The number of carboxylic acids is 1. The highest BCUT2D eigenvalue weighted by molar-refractivity contribution is 7.17. The molecule has 1 fully saturated rings. The highest BCUT2D eigenvalue weighted by Crippen LogP contribution is 2.26. The normalized spacial score (nSPS) is 18.9. The molecule has 2 aromatic rings. The maximum atomic E-state index is 12.4. The molecule has 1 aromatic carbocycles. The summed E-state index contributed by atoms with van der Waals surface area (Å²) >= 11 is 1.62. The summed E-state index contributed by atoms with van der Waals surface area (Å²) in [5.74, 6) is -1.07. The number of hydrogen-bond donors (Lipinski definition) is 1. The Hall–Kier alpha value is -1.92. The fourth-order valence-corrected chi connectivity index (χ4v) is 3.43. The quantitative estimate of drug-likeness (QED) is 0.938. The van der Waals surface area contributed by atoms with Crippen molar-refractivity contribution in [1.82, 2.24) is 4.90 Å². The Bertz CT molecular complexity index is 681. The lowest BCUT2D eigenvalue weighted by atomic mass is 10.1. The van der Waals surface area contributed by atoms with Gasteiger partial charge in [-0.25, -0.2) is 4.79 Å². The van der Waals surface area contributed by atoms with Gasteiger partial charge in [0.15, 0.2) is 6.10 Å². The molecule has 0 bridgehead atoms. The summed E-state index contributed by atoms with van der Waals surface area (Å²) < 4.78 is 6.29. The first-order chi connectivity index (χ1) is 10.1. The van der Waals surface area contributed by atoms with Crippen LogP contribution in [0.5, 0.6) is 0 Å². The first-order valence-electron chi connectivity index (χ1n) is 6.72. The molecule has 0 aliphatic carbocycles. The van der Waals surface area contributed by atoms with Crippen LogP contribution in [0.4, 0.5) is 0 Å². The van der Waals surface area contributed by atoms with Crippen LogP contribution >= 0.6 is 11.3 Å². The number of carbonyl (C=O) groups excluding carboxylic acids is 1. The number of thiophene rings is 1. The average Bonchev–Trinajstić information content (AvgIpc) is 2.91. The van der Waals surface area contributed by atoms with Crippen LogP contribution in [0.1, 0.15) is 5.56 Å². The molecular weight excluding hydrogens is 290 g/mol. The largest absolute Gasteiger partial charge is 0.479 e. The number of ether oxygens (including phenoxy) is 1. The van der Waals surface area contributed by atoms with E-state index in [9.17, 15) is 9.59 Å². The van der Waals surface area contributed by atoms with Crippen LogP contribution < -0.4 is 0 Å². The van der Waals surface area contributed by atoms with Gasteiger partial charge in [-0.15, -0.1) is 11.3 Å². The van der Waals surface area contributed by atoms with Crippen molar-refractivity contribution < 1.29 is 19.4 Å². The van der Waals surface area contributed by atoms with Crippen LogP contribution in [0, 0.1) is 0 Å². The third kappa shape index (κ3) is 2.91. The predicted octanol–water partition coefficient (Wildman–Crippen LogP) is 1.76. The number of rotatable bonds is 3. The van der Waals surface area contributed by atoms with Gasteiger partial charge in [0.25, 0.3) is 0 Å². The molecule has 110 valence electrons. The Kier molecular flexibility index (Phi) is 3.90. The molecule has 1 amide bonds. The van der Waals surface area contributed by atoms with Crippen LogP contribution in [0.3, 0.4) is 0 Å². The van der Waals surface area contributed by atoms with Crippen molar-refractivity contribution in [3.8, 4) is 0 Å². The molecule has 0 saturated carbocycles. The standard InChI is InChI=1S/C15H15NO4S/c17-14(16-5-6-20-12(8-16)15(18)19)7-10-9-21-13-4-2-1-3-11(10)13/h1-4,9,12H,5-8H2,(H,18,19). The minimum atomic E-state index is -1.02. The molecular formula is C15H15NO4S. The highest BCUT2D eigenvalue weighted by atomic mass is 32.1. The van der Waals surface area contributed by atoms with Crippen LogP contribution in [0.2, 0.25) is 0 Å². The number of fused-ring (bicyclic) bond motifs is 1. The zero-order chi connectivity index (χ0) is 14.8. The van der Waals surface area contributed by atoms with Crippen LogP contribution in [-0.4, -0.2) is 47.7 Å². The number of benzene rings is 1. The lowest BCUT2D eigenvalue weighted by molar-refractivity contribution is -0.159. The Balaban J connectivity index is 1.72. The summed E-state index contributed by atoms with van der Waals surface area (Å²) in [6.45, 7) is 0.841. The van der Waals surface area contributed by atoms with Gasteiger partial charge in [-0.3, -0.25) is 4.79 Å². The number of aliphatic carboxylic acids is 1. The van der Waals surface area contributed by atoms with Crippen molar-refractivity contribution in [2.75, 3.05) is 19.7 Å². The molecule has 21 heavy (non-hydrogen) atoms. The molecule has 3 rings (SSSR count). The summed E-state index contributed by atoms with van der Waals surface area (Å²) in [5, 5.41) is 12.1. The van der Waals surface area contributed by atoms with E-state index in [1.165, 1.54) is 0 Å². The van der Waals surface area contributed by atoms with Gasteiger partial charge >= 0.3 is 5.97 Å². The Morgan fingerprint density at radius 2 is 2.19 bits per heavy atom. The van der Waals surface area contributed by atoms with Gasteiger partial charge in [0.2, 0.25) is 5.91 Å². The number of carboxylic acid groups (broad SMARTS) is 1. The first-order valence-corrected chi connectivity index (χ1v) is 7.60. The second kappa shape index (κ2) is 5.83. The molecule has 2 heterocycles. The molecule has 1 aromatic heterocycles. The van der Waals surface area contributed by atoms with E-state index in [2.05, 4.69) is 0 Å². The molecule has 5 nitrogen and oxygen atoms in total. The van der Waals surface area contributed by atoms with E-state index in [1.54, 1.807) is 16.2 Å². The fraction of sp³-hybridized carbons (Fsp3) is 0.333. The van der Waals surface area contributed by atoms with E-state index in [0.29, 0.717) is 13.0 Å². The molecule has 0 spiro atoms. The lowest BCUT2D eigenvalue weighted by Gasteiger charge is -2.30. The average molecular weight is 305 g/mol. The fourth-order valence-electron chi connectivity index (χ4n) is 2.47. The summed E-state index contributed by atoms with van der Waals surface area (Å²) in [6, 6.07) is 7.97. The van der Waals surface area contributed by atoms with Crippen molar-refractivity contribution in [2.45, 2.75) is 12.5 Å². The first kappa shape index (κ1) is 14.0. The van der Waals surface area contributed by atoms with E-state index in [0.717, 1.165) is 15.6 Å². The second-order valence-electron chi connectivity index (χ2n) is 4.97. The number of carbonyl (C=O) groups is 2. The molecule has 0 radical (unpaired) electrons. The van der Waals surface area contributed by atoms with Gasteiger partial charge in [-0.2, -0.15) is 0 Å². The molecule has 1 N–H and O–H groups in total. The number of hydrogen-bond acceptors (Lipinski definition) is 4. The monoisotopic (exact) mass is 305 g/mol. The Labute approximate surface area is 125 Å². The lowest BCUT2D eigenvalue weighted by Crippen LogP contribution is -2.49. The second-order valence-corrected chi connectivity index (χ2v) is 5.88. The summed E-state index contributed by atoms with van der Waals surface area (Å²) in [5.41, 5.74) is 0.999. The summed E-state index contributed by atoms with van der Waals surface area (Å²) in [6.07, 6.45) is -0.613. The topological polar surface area (TPSA) is 66.8 Å². The van der Waals surface area contributed by atoms with E-state index >= 15 is 0 Å². The zero-order valence-corrected chi connectivity index (χ0v) is 12.1. The summed E-state index contributed by atoms with van der Waals surface area (Å²) in [7, 11) is 0. The highest BCUT2D eigenvalue weighted by Gasteiger charge is 2.29. The maximum Gasteiger partial charge on any atom is 0.334 e. The summed E-state index contributed by atoms with van der Waals surface area (Å²) in [4.78, 5) is 24.9. The van der Waals surface area contributed by atoms with Crippen molar-refractivity contribution in [3.05, 3.63) is 35.2 Å².